The fraction of sp³-hybridized carbons (Fsp3) is 0.727. The van der Waals surface area contributed by atoms with Crippen LogP contribution in [0.1, 0.15) is 49.3 Å². The lowest BCUT2D eigenvalue weighted by atomic mass is 9.88. The summed E-state index contributed by atoms with van der Waals surface area (Å²) in [6.07, 6.45) is 6.64. The second-order valence-corrected chi connectivity index (χ2v) is 8.35. The minimum absolute atomic E-state index is 0.243. The van der Waals surface area contributed by atoms with Crippen LogP contribution >= 0.6 is 0 Å². The molecule has 0 bridgehead atoms. The van der Waals surface area contributed by atoms with Crippen molar-refractivity contribution >= 4 is 0 Å². The number of rotatable bonds is 5. The molecule has 144 valence electrons. The first-order valence-corrected chi connectivity index (χ1v) is 10.5. The molecule has 2 aliphatic heterocycles. The van der Waals surface area contributed by atoms with Crippen LogP contribution in [-0.4, -0.2) is 45.0 Å². The lowest BCUT2D eigenvalue weighted by molar-refractivity contribution is -0.0293. The third-order valence-electron chi connectivity index (χ3n) is 6.53. The van der Waals surface area contributed by atoms with Crippen molar-refractivity contribution in [1.82, 2.24) is 10.6 Å². The Hall–Kier alpha value is -0.940. The molecule has 4 nitrogen and oxygen atoms in total. The van der Waals surface area contributed by atoms with Gasteiger partial charge < -0.3 is 20.1 Å². The van der Waals surface area contributed by atoms with Gasteiger partial charge in [0.25, 0.3) is 0 Å². The van der Waals surface area contributed by atoms with Crippen molar-refractivity contribution in [3.8, 4) is 0 Å². The standard InChI is InChI=1S/C22H34N2O2/c1-16-7-9-17(10-8-16)22-18(4-3-12-26-22)14-24-20-6-2-5-19(20)21-15-25-13-11-23-21/h7-10,18-24H,2-6,11-15H2,1H3. The molecule has 5 atom stereocenters. The molecule has 1 aromatic carbocycles. The van der Waals surface area contributed by atoms with Gasteiger partial charge in [0.05, 0.1) is 19.3 Å². The molecular formula is C22H34N2O2. The molecule has 4 heteroatoms. The molecule has 0 radical (unpaired) electrons. The zero-order valence-electron chi connectivity index (χ0n) is 16.1. The number of nitrogens with one attached hydrogen (secondary N) is 2. The normalized spacial score (nSPS) is 35.5. The fourth-order valence-corrected chi connectivity index (χ4v) is 5.06. The highest BCUT2D eigenvalue weighted by Gasteiger charge is 2.35. The molecule has 3 aliphatic rings. The van der Waals surface area contributed by atoms with Gasteiger partial charge in [-0.15, -0.1) is 0 Å². The maximum atomic E-state index is 6.20. The van der Waals surface area contributed by atoms with E-state index in [1.807, 2.05) is 0 Å². The molecule has 0 aromatic heterocycles. The molecule has 1 aliphatic carbocycles. The Morgan fingerprint density at radius 3 is 2.77 bits per heavy atom. The zero-order chi connectivity index (χ0) is 17.8. The smallest absolute Gasteiger partial charge is 0.0865 e. The Balaban J connectivity index is 1.36. The highest BCUT2D eigenvalue weighted by Crippen LogP contribution is 2.35. The van der Waals surface area contributed by atoms with Crippen molar-refractivity contribution in [2.24, 2.45) is 11.8 Å². The van der Waals surface area contributed by atoms with Gasteiger partial charge in [0.1, 0.15) is 0 Å². The fourth-order valence-electron chi connectivity index (χ4n) is 5.06. The van der Waals surface area contributed by atoms with Gasteiger partial charge in [0.2, 0.25) is 0 Å². The predicted molar refractivity (Wildman–Crippen MR) is 104 cm³/mol. The molecule has 0 amide bonds. The highest BCUT2D eigenvalue weighted by atomic mass is 16.5. The van der Waals surface area contributed by atoms with E-state index in [4.69, 9.17) is 9.47 Å². The molecule has 26 heavy (non-hydrogen) atoms. The van der Waals surface area contributed by atoms with Gasteiger partial charge in [0.15, 0.2) is 0 Å². The molecule has 3 fully saturated rings. The second kappa shape index (κ2) is 8.83. The number of hydrogen-bond acceptors (Lipinski definition) is 4. The van der Waals surface area contributed by atoms with Crippen molar-refractivity contribution in [2.75, 3.05) is 32.9 Å². The summed E-state index contributed by atoms with van der Waals surface area (Å²) in [5.74, 6) is 1.28. The van der Waals surface area contributed by atoms with Crippen LogP contribution in [-0.2, 0) is 9.47 Å². The van der Waals surface area contributed by atoms with Crippen molar-refractivity contribution in [1.29, 1.82) is 0 Å². The van der Waals surface area contributed by atoms with E-state index in [1.54, 1.807) is 0 Å². The Labute approximate surface area is 158 Å². The van der Waals surface area contributed by atoms with Gasteiger partial charge in [-0.05, 0) is 44.1 Å². The van der Waals surface area contributed by atoms with E-state index >= 15 is 0 Å². The average Bonchev–Trinajstić information content (AvgIpc) is 3.17. The highest BCUT2D eigenvalue weighted by molar-refractivity contribution is 5.24. The van der Waals surface area contributed by atoms with Gasteiger partial charge in [-0.3, -0.25) is 0 Å². The number of ether oxygens (including phenoxy) is 2. The van der Waals surface area contributed by atoms with Gasteiger partial charge in [-0.1, -0.05) is 36.2 Å². The minimum Gasteiger partial charge on any atom is -0.379 e. The van der Waals surface area contributed by atoms with Crippen molar-refractivity contribution < 1.29 is 9.47 Å². The van der Waals surface area contributed by atoms with Gasteiger partial charge >= 0.3 is 0 Å². The molecule has 2 N–H and O–H groups in total. The van der Waals surface area contributed by atoms with Crippen LogP contribution in [0.2, 0.25) is 0 Å². The first-order valence-electron chi connectivity index (χ1n) is 10.5. The summed E-state index contributed by atoms with van der Waals surface area (Å²) in [6, 6.07) is 10.1. The van der Waals surface area contributed by atoms with E-state index < -0.39 is 0 Å². The summed E-state index contributed by atoms with van der Waals surface area (Å²) in [6.45, 7) is 6.84. The van der Waals surface area contributed by atoms with Crippen LogP contribution in [0.3, 0.4) is 0 Å². The molecule has 4 rings (SSSR count). The van der Waals surface area contributed by atoms with Crippen molar-refractivity contribution in [3.63, 3.8) is 0 Å². The van der Waals surface area contributed by atoms with E-state index in [0.717, 1.165) is 32.9 Å². The van der Waals surface area contributed by atoms with E-state index in [0.29, 0.717) is 23.9 Å². The predicted octanol–water partition coefficient (Wildman–Crippen LogP) is 3.21. The van der Waals surface area contributed by atoms with E-state index in [-0.39, 0.29) is 6.10 Å². The van der Waals surface area contributed by atoms with Crippen molar-refractivity contribution in [2.45, 2.75) is 57.2 Å². The summed E-state index contributed by atoms with van der Waals surface area (Å²) in [7, 11) is 0. The molecule has 2 heterocycles. The number of benzene rings is 1. The monoisotopic (exact) mass is 358 g/mol. The Morgan fingerprint density at radius 1 is 1.08 bits per heavy atom. The molecule has 0 spiro atoms. The average molecular weight is 359 g/mol. The summed E-state index contributed by atoms with van der Waals surface area (Å²) >= 11 is 0. The Bertz CT molecular complexity index is 556. The van der Waals surface area contributed by atoms with Gasteiger partial charge in [-0.25, -0.2) is 0 Å². The molecule has 1 aromatic rings. The largest absolute Gasteiger partial charge is 0.379 e. The van der Waals surface area contributed by atoms with Crippen molar-refractivity contribution in [3.05, 3.63) is 35.4 Å². The van der Waals surface area contributed by atoms with Crippen LogP contribution in [0.5, 0.6) is 0 Å². The first kappa shape index (κ1) is 18.4. The van der Waals surface area contributed by atoms with Crippen LogP contribution in [0, 0.1) is 18.8 Å². The Kier molecular flexibility index (Phi) is 6.26. The lowest BCUT2D eigenvalue weighted by Crippen LogP contribution is -2.51. The van der Waals surface area contributed by atoms with Crippen LogP contribution in [0.15, 0.2) is 24.3 Å². The quantitative estimate of drug-likeness (QED) is 0.848. The van der Waals surface area contributed by atoms with Gasteiger partial charge in [0, 0.05) is 37.7 Å². The lowest BCUT2D eigenvalue weighted by Gasteiger charge is -2.36. The summed E-state index contributed by atoms with van der Waals surface area (Å²) in [5, 5.41) is 7.61. The van der Waals surface area contributed by atoms with Crippen LogP contribution < -0.4 is 10.6 Å². The number of aryl methyl sites for hydroxylation is 1. The third kappa shape index (κ3) is 4.30. The summed E-state index contributed by atoms with van der Waals surface area (Å²) < 4.78 is 11.9. The van der Waals surface area contributed by atoms with Crippen LogP contribution in [0.25, 0.3) is 0 Å². The SMILES string of the molecule is Cc1ccc(C2OCCCC2CNC2CCCC2C2COCCN2)cc1. The summed E-state index contributed by atoms with van der Waals surface area (Å²) in [4.78, 5) is 0. The number of hydrogen-bond donors (Lipinski definition) is 2. The third-order valence-corrected chi connectivity index (χ3v) is 6.53. The first-order chi connectivity index (χ1) is 12.8. The van der Waals surface area contributed by atoms with Crippen LogP contribution in [0.4, 0.5) is 0 Å². The molecule has 5 unspecified atom stereocenters. The molecular weight excluding hydrogens is 324 g/mol. The Morgan fingerprint density at radius 2 is 1.96 bits per heavy atom. The second-order valence-electron chi connectivity index (χ2n) is 8.35. The summed E-state index contributed by atoms with van der Waals surface area (Å²) in [5.41, 5.74) is 2.66. The topological polar surface area (TPSA) is 42.5 Å². The minimum atomic E-state index is 0.243. The maximum absolute atomic E-state index is 6.20. The number of morpholine rings is 1. The zero-order valence-corrected chi connectivity index (χ0v) is 16.1. The van der Waals surface area contributed by atoms with E-state index in [9.17, 15) is 0 Å². The molecule has 2 saturated heterocycles. The van der Waals surface area contributed by atoms with Gasteiger partial charge in [-0.2, -0.15) is 0 Å². The van der Waals surface area contributed by atoms with E-state index in [1.165, 1.54) is 43.2 Å². The van der Waals surface area contributed by atoms with E-state index in [2.05, 4.69) is 41.8 Å². The molecule has 1 saturated carbocycles. The maximum Gasteiger partial charge on any atom is 0.0865 e.